The van der Waals surface area contributed by atoms with E-state index in [0.717, 1.165) is 18.5 Å². The molecule has 4 unspecified atom stereocenters. The quantitative estimate of drug-likeness (QED) is 0.875. The molecule has 2 aromatic rings. The topological polar surface area (TPSA) is 72.9 Å². The van der Waals surface area contributed by atoms with Crippen molar-refractivity contribution in [3.8, 4) is 5.69 Å². The number of carbonyl (C=O) groups is 1. The number of carbonyl (C=O) groups excluding carboxylic acids is 1. The maximum Gasteiger partial charge on any atom is 0.229 e. The average Bonchev–Trinajstić information content (AvgIpc) is 3.24. The average molecular weight is 367 g/mol. The Labute approximate surface area is 152 Å². The number of amides is 1. The SMILES string of the molecule is Cl.NC1C2CCC(C2)C1C(=O)Nc1ccc(-n2cccn2)c(Cl)c1. The summed E-state index contributed by atoms with van der Waals surface area (Å²) in [4.78, 5) is 12.6. The van der Waals surface area contributed by atoms with Gasteiger partial charge in [0.2, 0.25) is 5.91 Å². The van der Waals surface area contributed by atoms with Crippen LogP contribution in [-0.4, -0.2) is 21.7 Å². The molecule has 0 spiro atoms. The predicted octanol–water partition coefficient (Wildman–Crippen LogP) is 3.26. The van der Waals surface area contributed by atoms with Crippen LogP contribution in [0.2, 0.25) is 5.02 Å². The molecule has 2 fully saturated rings. The molecule has 128 valence electrons. The number of rotatable bonds is 3. The Balaban J connectivity index is 0.00000169. The van der Waals surface area contributed by atoms with Crippen LogP contribution in [0, 0.1) is 17.8 Å². The standard InChI is InChI=1S/C17H19ClN4O.ClH/c18-13-9-12(4-5-14(13)22-7-1-6-20-22)21-17(23)15-10-2-3-11(8-10)16(15)19;/h1,4-7,9-11,15-16H,2-3,8,19H2,(H,21,23);1H. The highest BCUT2D eigenvalue weighted by molar-refractivity contribution is 6.32. The number of halogens is 2. The fraction of sp³-hybridized carbons (Fsp3) is 0.412. The highest BCUT2D eigenvalue weighted by Gasteiger charge is 2.49. The summed E-state index contributed by atoms with van der Waals surface area (Å²) in [6, 6.07) is 7.29. The third-order valence-electron chi connectivity index (χ3n) is 5.25. The van der Waals surface area contributed by atoms with Crippen molar-refractivity contribution in [2.24, 2.45) is 23.5 Å². The second kappa shape index (κ2) is 6.75. The fourth-order valence-electron chi connectivity index (χ4n) is 4.13. The summed E-state index contributed by atoms with van der Waals surface area (Å²) < 4.78 is 1.69. The van der Waals surface area contributed by atoms with Crippen LogP contribution in [0.15, 0.2) is 36.7 Å². The molecule has 1 aromatic carbocycles. The number of hydrogen-bond donors (Lipinski definition) is 2. The lowest BCUT2D eigenvalue weighted by molar-refractivity contribution is -0.121. The van der Waals surface area contributed by atoms with Crippen molar-refractivity contribution in [1.29, 1.82) is 0 Å². The monoisotopic (exact) mass is 366 g/mol. The van der Waals surface area contributed by atoms with Crippen LogP contribution in [0.4, 0.5) is 5.69 Å². The van der Waals surface area contributed by atoms with Crippen LogP contribution in [0.25, 0.3) is 5.69 Å². The zero-order valence-corrected chi connectivity index (χ0v) is 14.6. The molecule has 4 atom stereocenters. The molecule has 0 aliphatic heterocycles. The van der Waals surface area contributed by atoms with E-state index in [1.807, 2.05) is 24.4 Å². The molecular formula is C17H20Cl2N4O. The van der Waals surface area contributed by atoms with E-state index in [-0.39, 0.29) is 30.3 Å². The molecule has 1 aromatic heterocycles. The fourth-order valence-corrected chi connectivity index (χ4v) is 4.40. The van der Waals surface area contributed by atoms with E-state index in [9.17, 15) is 4.79 Å². The summed E-state index contributed by atoms with van der Waals surface area (Å²) in [6.45, 7) is 0. The molecule has 2 bridgehead atoms. The number of benzene rings is 1. The van der Waals surface area contributed by atoms with Crippen molar-refractivity contribution in [2.75, 3.05) is 5.32 Å². The lowest BCUT2D eigenvalue weighted by Gasteiger charge is -2.27. The number of hydrogen-bond acceptors (Lipinski definition) is 3. The van der Waals surface area contributed by atoms with Crippen molar-refractivity contribution in [1.82, 2.24) is 9.78 Å². The molecule has 1 heterocycles. The summed E-state index contributed by atoms with van der Waals surface area (Å²) in [5.41, 5.74) is 7.72. The van der Waals surface area contributed by atoms with Gasteiger partial charge in [-0.2, -0.15) is 5.10 Å². The molecular weight excluding hydrogens is 347 g/mol. The lowest BCUT2D eigenvalue weighted by atomic mass is 9.84. The Morgan fingerprint density at radius 1 is 1.33 bits per heavy atom. The van der Waals surface area contributed by atoms with Gasteiger partial charge >= 0.3 is 0 Å². The molecule has 0 radical (unpaired) electrons. The molecule has 2 aliphatic carbocycles. The van der Waals surface area contributed by atoms with Gasteiger partial charge in [0, 0.05) is 24.1 Å². The molecule has 24 heavy (non-hydrogen) atoms. The minimum absolute atomic E-state index is 0. The van der Waals surface area contributed by atoms with Gasteiger partial charge in [-0.15, -0.1) is 12.4 Å². The van der Waals surface area contributed by atoms with E-state index >= 15 is 0 Å². The first kappa shape index (κ1) is 17.3. The predicted molar refractivity (Wildman–Crippen MR) is 96.7 cm³/mol. The van der Waals surface area contributed by atoms with Crippen LogP contribution in [-0.2, 0) is 4.79 Å². The zero-order chi connectivity index (χ0) is 16.0. The van der Waals surface area contributed by atoms with Gasteiger partial charge in [0.15, 0.2) is 0 Å². The van der Waals surface area contributed by atoms with Crippen LogP contribution < -0.4 is 11.1 Å². The minimum Gasteiger partial charge on any atom is -0.327 e. The van der Waals surface area contributed by atoms with E-state index in [1.165, 1.54) is 6.42 Å². The van der Waals surface area contributed by atoms with Gasteiger partial charge in [0.1, 0.15) is 0 Å². The van der Waals surface area contributed by atoms with Gasteiger partial charge in [0.05, 0.1) is 16.6 Å². The number of nitrogens with two attached hydrogens (primary N) is 1. The molecule has 0 saturated heterocycles. The maximum atomic E-state index is 12.6. The third-order valence-corrected chi connectivity index (χ3v) is 5.55. The summed E-state index contributed by atoms with van der Waals surface area (Å²) in [7, 11) is 0. The largest absolute Gasteiger partial charge is 0.327 e. The smallest absolute Gasteiger partial charge is 0.229 e. The Morgan fingerprint density at radius 3 is 2.75 bits per heavy atom. The number of aromatic nitrogens is 2. The number of nitrogens with zero attached hydrogens (tertiary/aromatic N) is 2. The summed E-state index contributed by atoms with van der Waals surface area (Å²) in [5, 5.41) is 7.69. The molecule has 1 amide bonds. The second-order valence-electron chi connectivity index (χ2n) is 6.54. The highest BCUT2D eigenvalue weighted by atomic mass is 35.5. The number of nitrogens with one attached hydrogen (secondary N) is 1. The van der Waals surface area contributed by atoms with Gasteiger partial charge in [-0.25, -0.2) is 4.68 Å². The Bertz CT molecular complexity index is 732. The van der Waals surface area contributed by atoms with Gasteiger partial charge in [-0.05, 0) is 55.4 Å². The molecule has 7 heteroatoms. The maximum absolute atomic E-state index is 12.6. The Hall–Kier alpha value is -1.56. The van der Waals surface area contributed by atoms with Crippen LogP contribution >= 0.6 is 24.0 Å². The van der Waals surface area contributed by atoms with E-state index in [4.69, 9.17) is 17.3 Å². The first-order chi connectivity index (χ1) is 11.1. The van der Waals surface area contributed by atoms with Crippen molar-refractivity contribution in [2.45, 2.75) is 25.3 Å². The van der Waals surface area contributed by atoms with Gasteiger partial charge in [-0.1, -0.05) is 11.6 Å². The van der Waals surface area contributed by atoms with E-state index in [1.54, 1.807) is 16.9 Å². The zero-order valence-electron chi connectivity index (χ0n) is 13.1. The first-order valence-corrected chi connectivity index (χ1v) is 8.37. The Morgan fingerprint density at radius 2 is 2.12 bits per heavy atom. The van der Waals surface area contributed by atoms with Crippen molar-refractivity contribution >= 4 is 35.6 Å². The molecule has 5 nitrogen and oxygen atoms in total. The summed E-state index contributed by atoms with van der Waals surface area (Å²) >= 11 is 6.32. The number of fused-ring (bicyclic) bond motifs is 2. The Kier molecular flexibility index (Phi) is 4.85. The summed E-state index contributed by atoms with van der Waals surface area (Å²) in [6.07, 6.45) is 6.91. The first-order valence-electron chi connectivity index (χ1n) is 7.99. The van der Waals surface area contributed by atoms with E-state index < -0.39 is 0 Å². The molecule has 2 saturated carbocycles. The van der Waals surface area contributed by atoms with Crippen LogP contribution in [0.5, 0.6) is 0 Å². The van der Waals surface area contributed by atoms with Crippen molar-refractivity contribution < 1.29 is 4.79 Å². The van der Waals surface area contributed by atoms with Gasteiger partial charge < -0.3 is 11.1 Å². The van der Waals surface area contributed by atoms with Gasteiger partial charge in [0.25, 0.3) is 0 Å². The molecule has 3 N–H and O–H groups in total. The second-order valence-corrected chi connectivity index (χ2v) is 6.95. The van der Waals surface area contributed by atoms with Crippen molar-refractivity contribution in [3.63, 3.8) is 0 Å². The van der Waals surface area contributed by atoms with E-state index in [0.29, 0.717) is 22.5 Å². The van der Waals surface area contributed by atoms with Crippen LogP contribution in [0.3, 0.4) is 0 Å². The third kappa shape index (κ3) is 2.92. The van der Waals surface area contributed by atoms with Crippen molar-refractivity contribution in [3.05, 3.63) is 41.7 Å². The van der Waals surface area contributed by atoms with E-state index in [2.05, 4.69) is 10.4 Å². The molecule has 2 aliphatic rings. The highest BCUT2D eigenvalue weighted by Crippen LogP contribution is 2.47. The molecule has 4 rings (SSSR count). The van der Waals surface area contributed by atoms with Crippen LogP contribution in [0.1, 0.15) is 19.3 Å². The summed E-state index contributed by atoms with van der Waals surface area (Å²) in [5.74, 6) is 0.904. The van der Waals surface area contributed by atoms with Gasteiger partial charge in [-0.3, -0.25) is 4.79 Å². The number of anilines is 1. The lowest BCUT2D eigenvalue weighted by Crippen LogP contribution is -2.42. The normalized spacial score (nSPS) is 27.8. The minimum atomic E-state index is -0.0710.